The fourth-order valence-corrected chi connectivity index (χ4v) is 8.27. The van der Waals surface area contributed by atoms with E-state index in [1.807, 2.05) is 0 Å². The number of amidine groups is 1. The summed E-state index contributed by atoms with van der Waals surface area (Å²) in [6, 6.07) is 52.8. The smallest absolute Gasteiger partial charge is 0.110 e. The van der Waals surface area contributed by atoms with E-state index in [-0.39, 0.29) is 12.0 Å². The molecule has 2 unspecified atom stereocenters. The Bertz CT molecular complexity index is 2530. The van der Waals surface area contributed by atoms with Crippen molar-refractivity contribution < 1.29 is 0 Å². The molecular weight excluding hydrogens is 621 g/mol. The number of hydrogen-bond donors (Lipinski definition) is 1. The second-order valence-corrected chi connectivity index (χ2v) is 13.6. The lowest BCUT2D eigenvalue weighted by Gasteiger charge is -2.32. The third-order valence-corrected chi connectivity index (χ3v) is 10.6. The van der Waals surface area contributed by atoms with Crippen LogP contribution < -0.4 is 5.32 Å². The highest BCUT2D eigenvalue weighted by molar-refractivity contribution is 6.10. The van der Waals surface area contributed by atoms with Crippen LogP contribution >= 0.6 is 0 Å². The third-order valence-electron chi connectivity index (χ3n) is 10.6. The van der Waals surface area contributed by atoms with Gasteiger partial charge in [0.05, 0.1) is 33.8 Å². The van der Waals surface area contributed by atoms with Gasteiger partial charge in [-0.05, 0) is 66.9 Å². The predicted octanol–water partition coefficient (Wildman–Crippen LogP) is 11.5. The van der Waals surface area contributed by atoms with Crippen molar-refractivity contribution in [1.82, 2.24) is 14.5 Å². The minimum atomic E-state index is -0.0908. The van der Waals surface area contributed by atoms with Crippen LogP contribution in [0.2, 0.25) is 0 Å². The highest BCUT2D eigenvalue weighted by Crippen LogP contribution is 2.40. The standard InChI is InChI=1S/C47H36N4/c1-31-45(32-16-4-2-5-17-32)48-47(33-18-6-3-7-19-33)49-46(31)34-28-35(50-41-24-12-8-20-37(41)38-21-9-13-25-42(38)50)30-36(29-34)51-43-26-14-10-22-39(43)40-23-11-15-27-44(40)51/h2-18,20-30,33,46H,19H2,1H3,(H,48,49). The first-order valence-corrected chi connectivity index (χ1v) is 17.8. The quantitative estimate of drug-likeness (QED) is 0.197. The van der Waals surface area contributed by atoms with Gasteiger partial charge in [0.2, 0.25) is 0 Å². The normalized spacial score (nSPS) is 17.5. The van der Waals surface area contributed by atoms with Gasteiger partial charge >= 0.3 is 0 Å². The third kappa shape index (κ3) is 4.79. The Hall–Kier alpha value is -6.39. The van der Waals surface area contributed by atoms with E-state index in [1.165, 1.54) is 54.7 Å². The Morgan fingerprint density at radius 2 is 1.06 bits per heavy atom. The molecule has 0 radical (unpaired) electrons. The highest BCUT2D eigenvalue weighted by Gasteiger charge is 2.29. The van der Waals surface area contributed by atoms with Gasteiger partial charge in [-0.3, -0.25) is 0 Å². The van der Waals surface area contributed by atoms with Crippen molar-refractivity contribution >= 4 is 55.1 Å². The molecule has 244 valence electrons. The summed E-state index contributed by atoms with van der Waals surface area (Å²) in [7, 11) is 0. The molecule has 2 aromatic heterocycles. The van der Waals surface area contributed by atoms with Crippen molar-refractivity contribution in [2.75, 3.05) is 0 Å². The number of allylic oxidation sites excluding steroid dienone is 3. The number of hydrogen-bond acceptors (Lipinski definition) is 2. The summed E-state index contributed by atoms with van der Waals surface area (Å²) in [6.45, 7) is 2.24. The first kappa shape index (κ1) is 29.5. The molecule has 0 fully saturated rings. The molecule has 4 heteroatoms. The van der Waals surface area contributed by atoms with Gasteiger partial charge in [0.1, 0.15) is 5.84 Å². The second kappa shape index (κ2) is 11.9. The Morgan fingerprint density at radius 1 is 0.569 bits per heavy atom. The molecule has 1 aliphatic carbocycles. The molecule has 1 aliphatic heterocycles. The SMILES string of the molecule is CC1=C(c2ccccc2)N=C(C2C=CC=CC2)NC1c1cc(-n2c3ccccc3c3ccccc32)cc(-n2c3ccccc3c3ccccc32)c1. The summed E-state index contributed by atoms with van der Waals surface area (Å²) in [4.78, 5) is 5.33. The fourth-order valence-electron chi connectivity index (χ4n) is 8.27. The number of nitrogens with zero attached hydrogens (tertiary/aromatic N) is 3. The van der Waals surface area contributed by atoms with Crippen LogP contribution in [0.5, 0.6) is 0 Å². The van der Waals surface area contributed by atoms with Crippen LogP contribution in [-0.2, 0) is 0 Å². The maximum atomic E-state index is 5.33. The van der Waals surface area contributed by atoms with Gasteiger partial charge < -0.3 is 14.5 Å². The van der Waals surface area contributed by atoms with Crippen LogP contribution in [0.25, 0.3) is 60.7 Å². The van der Waals surface area contributed by atoms with Gasteiger partial charge in [0, 0.05) is 44.4 Å². The van der Waals surface area contributed by atoms with Crippen LogP contribution in [0.4, 0.5) is 0 Å². The van der Waals surface area contributed by atoms with Crippen molar-refractivity contribution in [3.8, 4) is 11.4 Å². The Balaban J connectivity index is 1.27. The lowest BCUT2D eigenvalue weighted by molar-refractivity contribution is 0.687. The monoisotopic (exact) mass is 656 g/mol. The Labute approximate surface area is 297 Å². The van der Waals surface area contributed by atoms with Gasteiger partial charge in [0.25, 0.3) is 0 Å². The highest BCUT2D eigenvalue weighted by atomic mass is 15.1. The topological polar surface area (TPSA) is 34.2 Å². The molecule has 4 nitrogen and oxygen atoms in total. The summed E-state index contributed by atoms with van der Waals surface area (Å²) in [5.74, 6) is 1.19. The molecule has 6 aromatic carbocycles. The number of benzene rings is 6. The van der Waals surface area contributed by atoms with E-state index in [9.17, 15) is 0 Å². The zero-order valence-corrected chi connectivity index (χ0v) is 28.4. The maximum Gasteiger partial charge on any atom is 0.110 e. The number of fused-ring (bicyclic) bond motifs is 6. The van der Waals surface area contributed by atoms with E-state index in [1.54, 1.807) is 0 Å². The van der Waals surface area contributed by atoms with Gasteiger partial charge in [-0.15, -0.1) is 0 Å². The van der Waals surface area contributed by atoms with E-state index < -0.39 is 0 Å². The predicted molar refractivity (Wildman–Crippen MR) is 214 cm³/mol. The molecule has 0 saturated heterocycles. The molecule has 8 aromatic rings. The number of para-hydroxylation sites is 4. The Morgan fingerprint density at radius 3 is 1.55 bits per heavy atom. The molecule has 0 spiro atoms. The summed E-state index contributed by atoms with van der Waals surface area (Å²) < 4.78 is 4.88. The van der Waals surface area contributed by atoms with Crippen molar-refractivity contribution in [2.45, 2.75) is 19.4 Å². The molecule has 51 heavy (non-hydrogen) atoms. The lowest BCUT2D eigenvalue weighted by atomic mass is 9.90. The molecule has 10 rings (SSSR count). The van der Waals surface area contributed by atoms with E-state index in [0.717, 1.165) is 34.9 Å². The summed E-state index contributed by atoms with van der Waals surface area (Å²) in [6.07, 6.45) is 9.70. The molecule has 2 aliphatic rings. The summed E-state index contributed by atoms with van der Waals surface area (Å²) in [5, 5.41) is 8.98. The summed E-state index contributed by atoms with van der Waals surface area (Å²) in [5.41, 5.74) is 11.6. The van der Waals surface area contributed by atoms with E-state index >= 15 is 0 Å². The zero-order chi connectivity index (χ0) is 33.9. The molecule has 2 atom stereocenters. The van der Waals surface area contributed by atoms with Crippen molar-refractivity contribution in [2.24, 2.45) is 10.9 Å². The minimum absolute atomic E-state index is 0.0908. The fraction of sp³-hybridized carbons (Fsp3) is 0.0851. The second-order valence-electron chi connectivity index (χ2n) is 13.6. The first-order valence-electron chi connectivity index (χ1n) is 17.8. The van der Waals surface area contributed by atoms with Crippen LogP contribution in [-0.4, -0.2) is 15.0 Å². The van der Waals surface area contributed by atoms with Gasteiger partial charge in [-0.1, -0.05) is 127 Å². The van der Waals surface area contributed by atoms with Crippen molar-refractivity contribution in [3.05, 3.63) is 187 Å². The number of aliphatic imine (C=N–C) groups is 1. The molecule has 0 saturated carbocycles. The van der Waals surface area contributed by atoms with E-state index in [0.29, 0.717) is 0 Å². The summed E-state index contributed by atoms with van der Waals surface area (Å²) >= 11 is 0. The number of rotatable bonds is 5. The van der Waals surface area contributed by atoms with Crippen LogP contribution in [0.15, 0.2) is 180 Å². The molecule has 0 bridgehead atoms. The van der Waals surface area contributed by atoms with Crippen LogP contribution in [0.3, 0.4) is 0 Å². The maximum absolute atomic E-state index is 5.33. The minimum Gasteiger partial charge on any atom is -0.362 e. The number of nitrogens with one attached hydrogen (secondary N) is 1. The van der Waals surface area contributed by atoms with E-state index in [4.69, 9.17) is 4.99 Å². The largest absolute Gasteiger partial charge is 0.362 e. The molecule has 1 N–H and O–H groups in total. The average molecular weight is 657 g/mol. The van der Waals surface area contributed by atoms with Crippen LogP contribution in [0.1, 0.15) is 30.5 Å². The molecule has 3 heterocycles. The average Bonchev–Trinajstić information content (AvgIpc) is 3.72. The van der Waals surface area contributed by atoms with Gasteiger partial charge in [-0.2, -0.15) is 0 Å². The van der Waals surface area contributed by atoms with Gasteiger partial charge in [0.15, 0.2) is 0 Å². The molecular formula is C47H36N4. The lowest BCUT2D eigenvalue weighted by Crippen LogP contribution is -2.37. The molecule has 0 amide bonds. The van der Waals surface area contributed by atoms with Crippen molar-refractivity contribution in [1.29, 1.82) is 0 Å². The zero-order valence-electron chi connectivity index (χ0n) is 28.4. The van der Waals surface area contributed by atoms with Crippen LogP contribution in [0, 0.1) is 5.92 Å². The first-order chi connectivity index (χ1) is 25.2. The van der Waals surface area contributed by atoms with E-state index in [2.05, 4.69) is 191 Å². The Kier molecular flexibility index (Phi) is 6.88. The number of aromatic nitrogens is 2. The van der Waals surface area contributed by atoms with Gasteiger partial charge in [-0.25, -0.2) is 4.99 Å². The van der Waals surface area contributed by atoms with Crippen molar-refractivity contribution in [3.63, 3.8) is 0 Å².